The van der Waals surface area contributed by atoms with Crippen LogP contribution in [-0.2, 0) is 0 Å². The fourth-order valence-electron chi connectivity index (χ4n) is 3.41. The lowest BCUT2D eigenvalue weighted by atomic mass is 9.84. The summed E-state index contributed by atoms with van der Waals surface area (Å²) in [6.07, 6.45) is 6.43. The molecule has 3 N–H and O–H groups in total. The van der Waals surface area contributed by atoms with Gasteiger partial charge in [0.2, 0.25) is 0 Å². The molecule has 2 aromatic rings. The summed E-state index contributed by atoms with van der Waals surface area (Å²) in [5.74, 6) is 0.477. The second-order valence-electron chi connectivity index (χ2n) is 6.70. The Balaban J connectivity index is 1.64. The number of benzene rings is 2. The standard InChI is InChI=1S/C21H25N3O2/c1-22-21(26)24-19-9-5-8-18(14-19)23-20(25)17-12-10-16(11-13-17)15-6-3-2-4-7-15/h5,8-15H,2-4,6-7H2,1H3,(H,23,25)(H2,22,24,26). The highest BCUT2D eigenvalue weighted by Crippen LogP contribution is 2.32. The van der Waals surface area contributed by atoms with Gasteiger partial charge in [-0.2, -0.15) is 0 Å². The van der Waals surface area contributed by atoms with Gasteiger partial charge in [0.05, 0.1) is 0 Å². The Morgan fingerprint density at radius 1 is 0.885 bits per heavy atom. The minimum atomic E-state index is -0.299. The van der Waals surface area contributed by atoms with Gasteiger partial charge in [-0.3, -0.25) is 4.79 Å². The molecule has 5 nitrogen and oxygen atoms in total. The van der Waals surface area contributed by atoms with E-state index in [0.29, 0.717) is 22.9 Å². The summed E-state index contributed by atoms with van der Waals surface area (Å²) in [5, 5.41) is 8.06. The molecule has 0 atom stereocenters. The molecule has 0 radical (unpaired) electrons. The molecule has 0 unspecified atom stereocenters. The Hall–Kier alpha value is -2.82. The smallest absolute Gasteiger partial charge is 0.318 e. The lowest BCUT2D eigenvalue weighted by Gasteiger charge is -2.22. The Kier molecular flexibility index (Phi) is 5.89. The third-order valence-electron chi connectivity index (χ3n) is 4.85. The molecule has 1 fully saturated rings. The molecule has 1 saturated carbocycles. The van der Waals surface area contributed by atoms with E-state index in [4.69, 9.17) is 0 Å². The summed E-state index contributed by atoms with van der Waals surface area (Å²) in [7, 11) is 1.55. The molecule has 3 amide bonds. The van der Waals surface area contributed by atoms with Crippen molar-refractivity contribution in [2.75, 3.05) is 17.7 Å². The first-order valence-electron chi connectivity index (χ1n) is 9.16. The number of amides is 3. The number of urea groups is 1. The zero-order valence-corrected chi connectivity index (χ0v) is 15.0. The van der Waals surface area contributed by atoms with Gasteiger partial charge < -0.3 is 16.0 Å². The van der Waals surface area contributed by atoms with Gasteiger partial charge in [0.15, 0.2) is 0 Å². The summed E-state index contributed by atoms with van der Waals surface area (Å²) >= 11 is 0. The minimum Gasteiger partial charge on any atom is -0.341 e. The molecule has 1 aliphatic rings. The van der Waals surface area contributed by atoms with E-state index in [9.17, 15) is 9.59 Å². The Bertz CT molecular complexity index is 765. The van der Waals surface area contributed by atoms with Crippen LogP contribution in [0.2, 0.25) is 0 Å². The normalized spacial score (nSPS) is 14.5. The van der Waals surface area contributed by atoms with Crippen LogP contribution in [-0.4, -0.2) is 19.0 Å². The number of hydrogen-bond donors (Lipinski definition) is 3. The molecule has 0 aliphatic heterocycles. The Labute approximate surface area is 154 Å². The lowest BCUT2D eigenvalue weighted by molar-refractivity contribution is 0.102. The summed E-state index contributed by atoms with van der Waals surface area (Å²) in [6, 6.07) is 14.7. The molecule has 2 aromatic carbocycles. The zero-order valence-electron chi connectivity index (χ0n) is 15.0. The second-order valence-corrected chi connectivity index (χ2v) is 6.70. The fourth-order valence-corrected chi connectivity index (χ4v) is 3.41. The molecule has 0 heterocycles. The fraction of sp³-hybridized carbons (Fsp3) is 0.333. The van der Waals surface area contributed by atoms with Gasteiger partial charge in [0.25, 0.3) is 5.91 Å². The van der Waals surface area contributed by atoms with Crippen molar-refractivity contribution in [2.24, 2.45) is 0 Å². The zero-order chi connectivity index (χ0) is 18.4. The van der Waals surface area contributed by atoms with Crippen molar-refractivity contribution in [1.82, 2.24) is 5.32 Å². The van der Waals surface area contributed by atoms with Gasteiger partial charge in [-0.15, -0.1) is 0 Å². The van der Waals surface area contributed by atoms with Crippen molar-refractivity contribution < 1.29 is 9.59 Å². The van der Waals surface area contributed by atoms with Crippen LogP contribution in [0.15, 0.2) is 48.5 Å². The molecule has 3 rings (SSSR count). The minimum absolute atomic E-state index is 0.155. The molecule has 5 heteroatoms. The Morgan fingerprint density at radius 3 is 2.19 bits per heavy atom. The van der Waals surface area contributed by atoms with E-state index in [2.05, 4.69) is 28.1 Å². The van der Waals surface area contributed by atoms with Gasteiger partial charge in [-0.1, -0.05) is 37.5 Å². The Morgan fingerprint density at radius 2 is 1.54 bits per heavy atom. The van der Waals surface area contributed by atoms with Gasteiger partial charge in [0, 0.05) is 24.0 Å². The molecule has 136 valence electrons. The largest absolute Gasteiger partial charge is 0.341 e. The predicted molar refractivity (Wildman–Crippen MR) is 105 cm³/mol. The molecule has 0 bridgehead atoms. The van der Waals surface area contributed by atoms with Crippen LogP contribution in [0.25, 0.3) is 0 Å². The number of hydrogen-bond acceptors (Lipinski definition) is 2. The molecular formula is C21H25N3O2. The van der Waals surface area contributed by atoms with Gasteiger partial charge in [-0.05, 0) is 54.7 Å². The maximum Gasteiger partial charge on any atom is 0.318 e. The van der Waals surface area contributed by atoms with E-state index in [1.54, 1.807) is 31.3 Å². The molecule has 0 saturated heterocycles. The number of nitrogens with one attached hydrogen (secondary N) is 3. The van der Waals surface area contributed by atoms with Crippen LogP contribution in [0, 0.1) is 0 Å². The highest BCUT2D eigenvalue weighted by Gasteiger charge is 2.16. The highest BCUT2D eigenvalue weighted by molar-refractivity contribution is 6.04. The van der Waals surface area contributed by atoms with Crippen molar-refractivity contribution in [3.05, 3.63) is 59.7 Å². The van der Waals surface area contributed by atoms with Gasteiger partial charge in [-0.25, -0.2) is 4.79 Å². The van der Waals surface area contributed by atoms with Crippen LogP contribution in [0.3, 0.4) is 0 Å². The van der Waals surface area contributed by atoms with Crippen molar-refractivity contribution in [1.29, 1.82) is 0 Å². The van der Waals surface area contributed by atoms with Crippen LogP contribution in [0.1, 0.15) is 53.9 Å². The predicted octanol–water partition coefficient (Wildman–Crippen LogP) is 4.74. The number of rotatable bonds is 4. The van der Waals surface area contributed by atoms with Crippen LogP contribution >= 0.6 is 0 Å². The maximum atomic E-state index is 12.5. The quantitative estimate of drug-likeness (QED) is 0.745. The van der Waals surface area contributed by atoms with Crippen molar-refractivity contribution in [2.45, 2.75) is 38.0 Å². The first-order valence-corrected chi connectivity index (χ1v) is 9.16. The highest BCUT2D eigenvalue weighted by atomic mass is 16.2. The summed E-state index contributed by atoms with van der Waals surface area (Å²) in [6.45, 7) is 0. The van der Waals surface area contributed by atoms with E-state index in [1.165, 1.54) is 37.7 Å². The van der Waals surface area contributed by atoms with Gasteiger partial charge in [0.1, 0.15) is 0 Å². The number of carbonyl (C=O) groups excluding carboxylic acids is 2. The van der Waals surface area contributed by atoms with Crippen LogP contribution < -0.4 is 16.0 Å². The molecule has 26 heavy (non-hydrogen) atoms. The van der Waals surface area contributed by atoms with E-state index in [0.717, 1.165) is 0 Å². The maximum absolute atomic E-state index is 12.5. The molecular weight excluding hydrogens is 326 g/mol. The first-order chi connectivity index (χ1) is 12.7. The van der Waals surface area contributed by atoms with E-state index in [-0.39, 0.29) is 11.9 Å². The third kappa shape index (κ3) is 4.63. The van der Waals surface area contributed by atoms with Crippen molar-refractivity contribution >= 4 is 23.3 Å². The molecule has 0 spiro atoms. The lowest BCUT2D eigenvalue weighted by Crippen LogP contribution is -2.24. The van der Waals surface area contributed by atoms with E-state index < -0.39 is 0 Å². The first kappa shape index (κ1) is 18.0. The average Bonchev–Trinajstić information content (AvgIpc) is 2.69. The van der Waals surface area contributed by atoms with Crippen molar-refractivity contribution in [3.8, 4) is 0 Å². The van der Waals surface area contributed by atoms with Crippen molar-refractivity contribution in [3.63, 3.8) is 0 Å². The monoisotopic (exact) mass is 351 g/mol. The molecule has 1 aliphatic carbocycles. The van der Waals surface area contributed by atoms with Crippen LogP contribution in [0.5, 0.6) is 0 Å². The van der Waals surface area contributed by atoms with Gasteiger partial charge >= 0.3 is 6.03 Å². The topological polar surface area (TPSA) is 70.2 Å². The number of anilines is 2. The summed E-state index contributed by atoms with van der Waals surface area (Å²) < 4.78 is 0. The SMILES string of the molecule is CNC(=O)Nc1cccc(NC(=O)c2ccc(C3CCCCC3)cc2)c1. The average molecular weight is 351 g/mol. The van der Waals surface area contributed by atoms with E-state index in [1.807, 2.05) is 12.1 Å². The van der Waals surface area contributed by atoms with Crippen LogP contribution in [0.4, 0.5) is 16.2 Å². The summed E-state index contributed by atoms with van der Waals surface area (Å²) in [4.78, 5) is 23.9. The number of carbonyl (C=O) groups is 2. The van der Waals surface area contributed by atoms with E-state index >= 15 is 0 Å². The third-order valence-corrected chi connectivity index (χ3v) is 4.85. The summed E-state index contributed by atoms with van der Waals surface area (Å²) in [5.41, 5.74) is 3.22. The second kappa shape index (κ2) is 8.52. The molecule has 0 aromatic heterocycles.